The van der Waals surface area contributed by atoms with Gasteiger partial charge >= 0.3 is 12.2 Å². The van der Waals surface area contributed by atoms with E-state index in [2.05, 4.69) is 32.6 Å². The van der Waals surface area contributed by atoms with Gasteiger partial charge in [0.05, 0.1) is 11.2 Å². The Morgan fingerprint density at radius 2 is 1.53 bits per heavy atom. The second-order valence-electron chi connectivity index (χ2n) is 14.1. The molecular formula is C35H47N3O5. The van der Waals surface area contributed by atoms with Gasteiger partial charge in [-0.25, -0.2) is 14.2 Å². The van der Waals surface area contributed by atoms with Crippen molar-refractivity contribution in [2.45, 2.75) is 98.2 Å². The van der Waals surface area contributed by atoms with Gasteiger partial charge in [0.2, 0.25) is 0 Å². The zero-order chi connectivity index (χ0) is 32.0. The Kier molecular flexibility index (Phi) is 8.74. The van der Waals surface area contributed by atoms with Crippen LogP contribution in [0.2, 0.25) is 0 Å². The molecule has 0 bridgehead atoms. The number of likely N-dealkylation sites (tertiary alicyclic amines) is 1. The standard InChI is InChI=1S/C35H47N3O5/c1-21(2)26-19-25(20-36(11)31(26)39)30-29(22(3)4)27-18-24(12-13-28(27)38(30)33(41)43-35(8,9)10)23-14-16-37(17-15-23)32(40)42-34(5,6)7/h12-13,18-20,22-23H,1,14-17H2,2-11H3. The predicted octanol–water partition coefficient (Wildman–Crippen LogP) is 8.06. The van der Waals surface area contributed by atoms with Gasteiger partial charge < -0.3 is 18.9 Å². The Morgan fingerprint density at radius 3 is 2.07 bits per heavy atom. The molecule has 232 valence electrons. The molecule has 2 aromatic heterocycles. The van der Waals surface area contributed by atoms with Gasteiger partial charge in [-0.15, -0.1) is 0 Å². The fraction of sp³-hybridized carbons (Fsp3) is 0.514. The molecule has 1 aromatic carbocycles. The lowest BCUT2D eigenvalue weighted by Crippen LogP contribution is -2.41. The van der Waals surface area contributed by atoms with Gasteiger partial charge in [-0.3, -0.25) is 4.79 Å². The van der Waals surface area contributed by atoms with Gasteiger partial charge in [0.25, 0.3) is 5.56 Å². The summed E-state index contributed by atoms with van der Waals surface area (Å²) in [5, 5.41) is 0.980. The number of pyridine rings is 1. The molecule has 1 aliphatic rings. The fourth-order valence-corrected chi connectivity index (χ4v) is 5.82. The SMILES string of the molecule is C=C(C)c1cc(-c2c(C(C)C)c3cc(C4CCN(C(=O)OC(C)(C)C)CC4)ccc3n2C(=O)OC(C)(C)C)cn(C)c1=O. The van der Waals surface area contributed by atoms with Crippen LogP contribution >= 0.6 is 0 Å². The maximum atomic E-state index is 13.9. The number of aryl methyl sites for hydroxylation is 1. The molecule has 0 saturated carbocycles. The minimum absolute atomic E-state index is 0.0657. The molecule has 0 spiro atoms. The van der Waals surface area contributed by atoms with Crippen molar-refractivity contribution in [2.24, 2.45) is 7.05 Å². The summed E-state index contributed by atoms with van der Waals surface area (Å²) < 4.78 is 14.7. The Morgan fingerprint density at radius 1 is 0.953 bits per heavy atom. The summed E-state index contributed by atoms with van der Waals surface area (Å²) >= 11 is 0. The van der Waals surface area contributed by atoms with Crippen LogP contribution in [0.4, 0.5) is 9.59 Å². The maximum absolute atomic E-state index is 13.9. The first-order valence-corrected chi connectivity index (χ1v) is 15.1. The van der Waals surface area contributed by atoms with E-state index in [1.165, 1.54) is 5.56 Å². The number of carbonyl (C=O) groups is 2. The van der Waals surface area contributed by atoms with Crippen LogP contribution in [0, 0.1) is 0 Å². The van der Waals surface area contributed by atoms with Crippen LogP contribution in [0.5, 0.6) is 0 Å². The smallest absolute Gasteiger partial charge is 0.419 e. The molecule has 43 heavy (non-hydrogen) atoms. The normalized spacial score (nSPS) is 14.8. The average molecular weight is 590 g/mol. The van der Waals surface area contributed by atoms with Crippen molar-refractivity contribution in [1.29, 1.82) is 0 Å². The molecule has 0 N–H and O–H groups in total. The number of nitrogens with zero attached hydrogens (tertiary/aromatic N) is 3. The minimum Gasteiger partial charge on any atom is -0.444 e. The van der Waals surface area contributed by atoms with Gasteiger partial charge in [-0.2, -0.15) is 0 Å². The van der Waals surface area contributed by atoms with Crippen molar-refractivity contribution < 1.29 is 19.1 Å². The Bertz CT molecular complexity index is 1620. The average Bonchev–Trinajstić information content (AvgIpc) is 3.23. The number of rotatable bonds is 4. The lowest BCUT2D eigenvalue weighted by molar-refractivity contribution is 0.0204. The van der Waals surface area contributed by atoms with E-state index in [9.17, 15) is 14.4 Å². The Balaban J connectivity index is 1.86. The molecule has 8 nitrogen and oxygen atoms in total. The Hall–Kier alpha value is -3.81. The highest BCUT2D eigenvalue weighted by Gasteiger charge is 2.31. The van der Waals surface area contributed by atoms with E-state index in [0.29, 0.717) is 29.9 Å². The highest BCUT2D eigenvalue weighted by atomic mass is 16.6. The third-order valence-corrected chi connectivity index (χ3v) is 7.72. The van der Waals surface area contributed by atoms with E-state index in [-0.39, 0.29) is 23.5 Å². The van der Waals surface area contributed by atoms with Crippen LogP contribution < -0.4 is 5.56 Å². The van der Waals surface area contributed by atoms with E-state index >= 15 is 0 Å². The van der Waals surface area contributed by atoms with Crippen LogP contribution in [-0.2, 0) is 16.5 Å². The van der Waals surface area contributed by atoms with Crippen molar-refractivity contribution in [2.75, 3.05) is 13.1 Å². The zero-order valence-corrected chi connectivity index (χ0v) is 27.5. The van der Waals surface area contributed by atoms with Crippen molar-refractivity contribution >= 4 is 28.7 Å². The molecule has 0 aliphatic carbocycles. The molecule has 8 heteroatoms. The summed E-state index contributed by atoms with van der Waals surface area (Å²) in [5.41, 5.74) is 4.22. The van der Waals surface area contributed by atoms with Crippen LogP contribution in [0.25, 0.3) is 27.7 Å². The fourth-order valence-electron chi connectivity index (χ4n) is 5.82. The van der Waals surface area contributed by atoms with Crippen LogP contribution in [0.1, 0.15) is 104 Å². The van der Waals surface area contributed by atoms with Crippen LogP contribution in [-0.4, -0.2) is 50.5 Å². The van der Waals surface area contributed by atoms with Gasteiger partial charge in [0.1, 0.15) is 11.2 Å². The first-order chi connectivity index (χ1) is 19.9. The monoisotopic (exact) mass is 589 g/mol. The molecule has 1 amide bonds. The van der Waals surface area contributed by atoms with E-state index in [0.717, 1.165) is 34.9 Å². The number of hydrogen-bond donors (Lipinski definition) is 0. The molecule has 4 rings (SSSR count). The summed E-state index contributed by atoms with van der Waals surface area (Å²) in [5.74, 6) is 0.333. The lowest BCUT2D eigenvalue weighted by Gasteiger charge is -2.33. The van der Waals surface area contributed by atoms with E-state index < -0.39 is 17.3 Å². The number of hydrogen-bond acceptors (Lipinski definition) is 5. The summed E-state index contributed by atoms with van der Waals surface area (Å²) in [7, 11) is 1.72. The third-order valence-electron chi connectivity index (χ3n) is 7.72. The second-order valence-corrected chi connectivity index (χ2v) is 14.1. The summed E-state index contributed by atoms with van der Waals surface area (Å²) in [6.07, 6.45) is 2.69. The number of piperidine rings is 1. The third kappa shape index (κ3) is 6.89. The molecule has 1 fully saturated rings. The van der Waals surface area contributed by atoms with E-state index in [4.69, 9.17) is 9.47 Å². The van der Waals surface area contributed by atoms with Gasteiger partial charge in [-0.1, -0.05) is 26.5 Å². The van der Waals surface area contributed by atoms with Crippen molar-refractivity contribution in [3.63, 3.8) is 0 Å². The zero-order valence-electron chi connectivity index (χ0n) is 27.5. The summed E-state index contributed by atoms with van der Waals surface area (Å²) in [6, 6.07) is 8.13. The second kappa shape index (κ2) is 11.7. The van der Waals surface area contributed by atoms with Crippen molar-refractivity contribution in [1.82, 2.24) is 14.0 Å². The number of amides is 1. The molecule has 0 radical (unpaired) electrons. The van der Waals surface area contributed by atoms with Crippen molar-refractivity contribution in [3.05, 3.63) is 64.1 Å². The summed E-state index contributed by atoms with van der Waals surface area (Å²) in [6.45, 7) is 22.5. The quantitative estimate of drug-likeness (QED) is 0.307. The van der Waals surface area contributed by atoms with Crippen LogP contribution in [0.3, 0.4) is 0 Å². The molecule has 3 heterocycles. The van der Waals surface area contributed by atoms with E-state index in [1.807, 2.05) is 60.6 Å². The maximum Gasteiger partial charge on any atom is 0.419 e. The number of carbonyl (C=O) groups excluding carboxylic acids is 2. The first kappa shape index (κ1) is 32.1. The number of aromatic nitrogens is 2. The van der Waals surface area contributed by atoms with E-state index in [1.54, 1.807) is 27.3 Å². The summed E-state index contributed by atoms with van der Waals surface area (Å²) in [4.78, 5) is 41.2. The topological polar surface area (TPSA) is 82.8 Å². The lowest BCUT2D eigenvalue weighted by atomic mass is 9.87. The largest absolute Gasteiger partial charge is 0.444 e. The number of fused-ring (bicyclic) bond motifs is 1. The first-order valence-electron chi connectivity index (χ1n) is 15.1. The molecular weight excluding hydrogens is 542 g/mol. The molecule has 1 saturated heterocycles. The van der Waals surface area contributed by atoms with Crippen LogP contribution in [0.15, 0.2) is 41.8 Å². The number of allylic oxidation sites excluding steroid dienone is 1. The minimum atomic E-state index is -0.697. The molecule has 1 aliphatic heterocycles. The number of ether oxygens (including phenoxy) is 2. The highest BCUT2D eigenvalue weighted by molar-refractivity contribution is 6.00. The molecule has 0 unspecified atom stereocenters. The highest BCUT2D eigenvalue weighted by Crippen LogP contribution is 2.41. The van der Waals surface area contributed by atoms with Crippen molar-refractivity contribution in [3.8, 4) is 11.3 Å². The number of benzene rings is 1. The van der Waals surface area contributed by atoms with Gasteiger partial charge in [0.15, 0.2) is 0 Å². The molecule has 0 atom stereocenters. The Labute approximate surface area is 255 Å². The van der Waals surface area contributed by atoms with Gasteiger partial charge in [0, 0.05) is 42.8 Å². The van der Waals surface area contributed by atoms with Gasteiger partial charge in [-0.05, 0) is 108 Å². The predicted molar refractivity (Wildman–Crippen MR) is 173 cm³/mol. The molecule has 3 aromatic rings.